The maximum Gasteiger partial charge on any atom is 0.356 e. The van der Waals surface area contributed by atoms with Crippen molar-refractivity contribution in [1.29, 1.82) is 0 Å². The third kappa shape index (κ3) is 2.24. The summed E-state index contributed by atoms with van der Waals surface area (Å²) in [5, 5.41) is 9.93. The number of pyridine rings is 1. The van der Waals surface area contributed by atoms with Gasteiger partial charge in [0.15, 0.2) is 0 Å². The van der Waals surface area contributed by atoms with E-state index >= 15 is 0 Å². The molecule has 2 heterocycles. The summed E-state index contributed by atoms with van der Waals surface area (Å²) in [7, 11) is 1.33. The molecule has 17 heavy (non-hydrogen) atoms. The summed E-state index contributed by atoms with van der Waals surface area (Å²) in [4.78, 5) is 17.3. The second-order valence-electron chi connectivity index (χ2n) is 4.32. The zero-order valence-electron chi connectivity index (χ0n) is 10.0. The van der Waals surface area contributed by atoms with Gasteiger partial charge in [0.2, 0.25) is 0 Å². The van der Waals surface area contributed by atoms with Crippen molar-refractivity contribution in [2.75, 3.05) is 25.1 Å². The molecule has 1 aliphatic rings. The molecule has 5 heteroatoms. The first-order valence-corrected chi connectivity index (χ1v) is 5.60. The Hall–Kier alpha value is -1.62. The molecule has 2 rings (SSSR count). The number of aromatic nitrogens is 1. The molecule has 0 unspecified atom stereocenters. The number of hydrogen-bond acceptors (Lipinski definition) is 5. The smallest absolute Gasteiger partial charge is 0.356 e. The van der Waals surface area contributed by atoms with Crippen molar-refractivity contribution in [2.24, 2.45) is 0 Å². The quantitative estimate of drug-likeness (QED) is 0.787. The number of β-amino-alcohol motifs (C(OH)–C–C–N with tert-alkyl or cyclic N) is 1. The molecule has 0 atom stereocenters. The van der Waals surface area contributed by atoms with Crippen LogP contribution >= 0.6 is 0 Å². The molecular weight excluding hydrogens is 220 g/mol. The van der Waals surface area contributed by atoms with Crippen LogP contribution in [0.5, 0.6) is 0 Å². The second-order valence-corrected chi connectivity index (χ2v) is 4.32. The molecule has 1 saturated heterocycles. The lowest BCUT2D eigenvalue weighted by molar-refractivity contribution is 0.00852. The molecule has 1 N–H and O–H groups in total. The van der Waals surface area contributed by atoms with Crippen molar-refractivity contribution in [3.05, 3.63) is 24.0 Å². The van der Waals surface area contributed by atoms with Crippen LogP contribution in [0.4, 0.5) is 5.69 Å². The van der Waals surface area contributed by atoms with E-state index in [1.165, 1.54) is 7.11 Å². The van der Waals surface area contributed by atoms with E-state index in [1.807, 2.05) is 17.9 Å². The van der Waals surface area contributed by atoms with E-state index in [-0.39, 0.29) is 5.69 Å². The van der Waals surface area contributed by atoms with E-state index in [0.717, 1.165) is 12.1 Å². The molecule has 0 spiro atoms. The van der Waals surface area contributed by atoms with Crippen LogP contribution in [-0.4, -0.2) is 41.9 Å². The van der Waals surface area contributed by atoms with Crippen molar-refractivity contribution < 1.29 is 14.6 Å². The molecule has 0 aliphatic carbocycles. The number of esters is 1. The van der Waals surface area contributed by atoms with Gasteiger partial charge in [-0.05, 0) is 18.6 Å². The van der Waals surface area contributed by atoms with Gasteiger partial charge < -0.3 is 14.7 Å². The first-order valence-electron chi connectivity index (χ1n) is 5.60. The van der Waals surface area contributed by atoms with Gasteiger partial charge in [0, 0.05) is 25.0 Å². The van der Waals surface area contributed by atoms with Crippen LogP contribution in [0.3, 0.4) is 0 Å². The number of aliphatic hydroxyl groups is 1. The molecular formula is C12H16N2O3. The number of methoxy groups -OCH3 is 1. The largest absolute Gasteiger partial charge is 0.464 e. The van der Waals surface area contributed by atoms with E-state index < -0.39 is 11.6 Å². The van der Waals surface area contributed by atoms with Gasteiger partial charge in [-0.15, -0.1) is 0 Å². The van der Waals surface area contributed by atoms with Crippen LogP contribution in [0.2, 0.25) is 0 Å². The Kier molecular flexibility index (Phi) is 3.02. The Morgan fingerprint density at radius 3 is 2.94 bits per heavy atom. The summed E-state index contributed by atoms with van der Waals surface area (Å²) in [5.41, 5.74) is 0.588. The topological polar surface area (TPSA) is 62.7 Å². The maximum atomic E-state index is 11.3. The van der Waals surface area contributed by atoms with Crippen LogP contribution in [0.1, 0.15) is 23.8 Å². The number of ether oxygens (including phenoxy) is 1. The highest BCUT2D eigenvalue weighted by Crippen LogP contribution is 2.29. The SMILES string of the molecule is CCC1(O)CN(c2ccnc(C(=O)OC)c2)C1. The van der Waals surface area contributed by atoms with Gasteiger partial charge in [0.05, 0.1) is 12.7 Å². The first kappa shape index (κ1) is 11.9. The highest BCUT2D eigenvalue weighted by atomic mass is 16.5. The van der Waals surface area contributed by atoms with Crippen molar-refractivity contribution in [3.63, 3.8) is 0 Å². The van der Waals surface area contributed by atoms with Crippen molar-refractivity contribution >= 4 is 11.7 Å². The van der Waals surface area contributed by atoms with Gasteiger partial charge in [-0.1, -0.05) is 6.92 Å². The van der Waals surface area contributed by atoms with E-state index in [0.29, 0.717) is 13.1 Å². The third-order valence-corrected chi connectivity index (χ3v) is 3.13. The minimum atomic E-state index is -0.589. The number of carbonyl (C=O) groups is 1. The van der Waals surface area contributed by atoms with Crippen LogP contribution in [0.25, 0.3) is 0 Å². The average molecular weight is 236 g/mol. The first-order chi connectivity index (χ1) is 8.08. The lowest BCUT2D eigenvalue weighted by Gasteiger charge is -2.47. The monoisotopic (exact) mass is 236 g/mol. The molecule has 1 aliphatic heterocycles. The summed E-state index contributed by atoms with van der Waals surface area (Å²) in [5.74, 6) is -0.446. The molecule has 0 amide bonds. The normalized spacial score (nSPS) is 17.5. The van der Waals surface area contributed by atoms with Gasteiger partial charge in [-0.25, -0.2) is 9.78 Å². The van der Waals surface area contributed by atoms with Crippen LogP contribution in [-0.2, 0) is 4.74 Å². The minimum absolute atomic E-state index is 0.289. The Labute approximate surface area is 100 Å². The highest BCUT2D eigenvalue weighted by molar-refractivity contribution is 5.88. The molecule has 0 radical (unpaired) electrons. The van der Waals surface area contributed by atoms with Crippen LogP contribution < -0.4 is 4.90 Å². The van der Waals surface area contributed by atoms with Crippen molar-refractivity contribution in [2.45, 2.75) is 18.9 Å². The van der Waals surface area contributed by atoms with Crippen molar-refractivity contribution in [3.8, 4) is 0 Å². The fourth-order valence-corrected chi connectivity index (χ4v) is 1.90. The molecule has 5 nitrogen and oxygen atoms in total. The number of nitrogens with zero attached hydrogens (tertiary/aromatic N) is 2. The summed E-state index contributed by atoms with van der Waals surface area (Å²) in [6.45, 7) is 3.14. The summed E-state index contributed by atoms with van der Waals surface area (Å²) >= 11 is 0. The zero-order valence-corrected chi connectivity index (χ0v) is 10.0. The predicted molar refractivity (Wildman–Crippen MR) is 63.0 cm³/mol. The minimum Gasteiger partial charge on any atom is -0.464 e. The standard InChI is InChI=1S/C12H16N2O3/c1-3-12(16)7-14(8-12)9-4-5-13-10(6-9)11(15)17-2/h4-6,16H,3,7-8H2,1-2H3. The summed E-state index contributed by atoms with van der Waals surface area (Å²) in [6, 6.07) is 3.50. The van der Waals surface area contributed by atoms with Gasteiger partial charge in [-0.3, -0.25) is 0 Å². The number of carbonyl (C=O) groups excluding carboxylic acids is 1. The molecule has 0 saturated carbocycles. The molecule has 1 fully saturated rings. The second kappa shape index (κ2) is 4.33. The average Bonchev–Trinajstić information content (AvgIpc) is 2.34. The van der Waals surface area contributed by atoms with Crippen LogP contribution in [0.15, 0.2) is 18.3 Å². The fourth-order valence-electron chi connectivity index (χ4n) is 1.90. The fraction of sp³-hybridized carbons (Fsp3) is 0.500. The van der Waals surface area contributed by atoms with Gasteiger partial charge in [0.25, 0.3) is 0 Å². The molecule has 0 bridgehead atoms. The molecule has 1 aromatic heterocycles. The zero-order chi connectivity index (χ0) is 12.5. The number of hydrogen-bond donors (Lipinski definition) is 1. The van der Waals surface area contributed by atoms with Crippen LogP contribution in [0, 0.1) is 0 Å². The van der Waals surface area contributed by atoms with Gasteiger partial charge in [-0.2, -0.15) is 0 Å². The maximum absolute atomic E-state index is 11.3. The van der Waals surface area contributed by atoms with Gasteiger partial charge in [0.1, 0.15) is 5.69 Å². The lowest BCUT2D eigenvalue weighted by Crippen LogP contribution is -2.61. The predicted octanol–water partition coefficient (Wildman–Crippen LogP) is 0.829. The molecule has 92 valence electrons. The molecule has 1 aromatic rings. The Bertz CT molecular complexity index is 428. The number of anilines is 1. The van der Waals surface area contributed by atoms with E-state index in [2.05, 4.69) is 9.72 Å². The summed E-state index contributed by atoms with van der Waals surface area (Å²) < 4.78 is 4.62. The lowest BCUT2D eigenvalue weighted by atomic mass is 9.91. The van der Waals surface area contributed by atoms with E-state index in [1.54, 1.807) is 12.3 Å². The van der Waals surface area contributed by atoms with E-state index in [4.69, 9.17) is 0 Å². The Morgan fingerprint density at radius 1 is 1.65 bits per heavy atom. The Balaban J connectivity index is 2.11. The summed E-state index contributed by atoms with van der Waals surface area (Å²) in [6.07, 6.45) is 2.31. The number of rotatable bonds is 3. The third-order valence-electron chi connectivity index (χ3n) is 3.13. The highest BCUT2D eigenvalue weighted by Gasteiger charge is 2.39. The Morgan fingerprint density at radius 2 is 2.35 bits per heavy atom. The molecule has 0 aromatic carbocycles. The van der Waals surface area contributed by atoms with Gasteiger partial charge >= 0.3 is 5.97 Å². The van der Waals surface area contributed by atoms with Crippen molar-refractivity contribution in [1.82, 2.24) is 4.98 Å². The van der Waals surface area contributed by atoms with E-state index in [9.17, 15) is 9.90 Å².